The number of halogens is 1. The minimum absolute atomic E-state index is 0. The Labute approximate surface area is 61.4 Å². The van der Waals surface area contributed by atoms with Crippen molar-refractivity contribution in [2.75, 3.05) is 0 Å². The average molecular weight is 146 g/mol. The zero-order chi connectivity index (χ0) is 5.35. The molecule has 52 valence electrons. The highest BCUT2D eigenvalue weighted by atomic mass is 35.5. The Morgan fingerprint density at radius 3 is 1.89 bits per heavy atom. The molecule has 0 saturated heterocycles. The monoisotopic (exact) mass is 145 g/mol. The smallest absolute Gasteiger partial charge is 0.0221 e. The molecule has 4 aliphatic rings. The molecule has 2 atom stereocenters. The molecule has 2 N–H and O–H groups in total. The van der Waals surface area contributed by atoms with E-state index >= 15 is 0 Å². The minimum Gasteiger partial charge on any atom is -0.325 e. The molecule has 0 aromatic rings. The van der Waals surface area contributed by atoms with Crippen molar-refractivity contribution in [2.45, 2.75) is 24.8 Å². The van der Waals surface area contributed by atoms with Crippen LogP contribution in [0.3, 0.4) is 0 Å². The number of nitrogens with two attached hydrogens (primary N) is 1. The molecule has 2 unspecified atom stereocenters. The van der Waals surface area contributed by atoms with E-state index in [2.05, 4.69) is 0 Å². The van der Waals surface area contributed by atoms with Gasteiger partial charge >= 0.3 is 0 Å². The lowest BCUT2D eigenvalue weighted by atomic mass is 10.1. The van der Waals surface area contributed by atoms with Crippen molar-refractivity contribution in [2.24, 2.45) is 23.5 Å². The summed E-state index contributed by atoms with van der Waals surface area (Å²) in [6.45, 7) is 0. The summed E-state index contributed by atoms with van der Waals surface area (Å²) >= 11 is 0. The van der Waals surface area contributed by atoms with E-state index in [-0.39, 0.29) is 12.4 Å². The van der Waals surface area contributed by atoms with Crippen molar-refractivity contribution in [3.8, 4) is 0 Å². The molecule has 0 heterocycles. The second-order valence-electron chi connectivity index (χ2n) is 3.87. The van der Waals surface area contributed by atoms with E-state index < -0.39 is 0 Å². The van der Waals surface area contributed by atoms with Crippen molar-refractivity contribution in [3.05, 3.63) is 0 Å². The van der Waals surface area contributed by atoms with Gasteiger partial charge in [0, 0.05) is 5.54 Å². The average Bonchev–Trinajstić information content (AvgIpc) is 2.11. The summed E-state index contributed by atoms with van der Waals surface area (Å²) in [4.78, 5) is 0. The summed E-state index contributed by atoms with van der Waals surface area (Å²) in [5, 5.41) is 0. The fourth-order valence-corrected chi connectivity index (χ4v) is 3.18. The second-order valence-corrected chi connectivity index (χ2v) is 3.87. The van der Waals surface area contributed by atoms with Gasteiger partial charge < -0.3 is 5.73 Å². The molecule has 0 amide bonds. The Hall–Kier alpha value is 0.250. The Morgan fingerprint density at radius 1 is 1.22 bits per heavy atom. The van der Waals surface area contributed by atoms with Gasteiger partial charge in [0.05, 0.1) is 0 Å². The van der Waals surface area contributed by atoms with E-state index in [4.69, 9.17) is 5.73 Å². The predicted octanol–water partition coefficient (Wildman–Crippen LogP) is 1.17. The SMILES string of the molecule is Cl.NC12CC3CC1C2C3. The predicted molar refractivity (Wildman–Crippen MR) is 38.5 cm³/mol. The summed E-state index contributed by atoms with van der Waals surface area (Å²) < 4.78 is 0. The summed E-state index contributed by atoms with van der Waals surface area (Å²) in [7, 11) is 0. The fourth-order valence-electron chi connectivity index (χ4n) is 3.18. The third-order valence-electron chi connectivity index (χ3n) is 3.57. The van der Waals surface area contributed by atoms with Crippen LogP contribution in [-0.4, -0.2) is 5.54 Å². The molecule has 4 rings (SSSR count). The van der Waals surface area contributed by atoms with Gasteiger partial charge in [-0.3, -0.25) is 0 Å². The maximum absolute atomic E-state index is 6.04. The van der Waals surface area contributed by atoms with Gasteiger partial charge in [-0.25, -0.2) is 0 Å². The molecule has 0 radical (unpaired) electrons. The largest absolute Gasteiger partial charge is 0.325 e. The van der Waals surface area contributed by atoms with Gasteiger partial charge in [0.2, 0.25) is 0 Å². The van der Waals surface area contributed by atoms with E-state index in [0.717, 1.165) is 17.8 Å². The topological polar surface area (TPSA) is 26.0 Å². The Balaban J connectivity index is 0.000000333. The third-order valence-corrected chi connectivity index (χ3v) is 3.57. The Bertz CT molecular complexity index is 145. The van der Waals surface area contributed by atoms with Crippen LogP contribution in [0.2, 0.25) is 0 Å². The zero-order valence-corrected chi connectivity index (χ0v) is 6.16. The molecule has 4 fully saturated rings. The molecular formula is C7H12ClN. The van der Waals surface area contributed by atoms with E-state index in [1.54, 1.807) is 0 Å². The van der Waals surface area contributed by atoms with Crippen LogP contribution in [0.1, 0.15) is 19.3 Å². The lowest BCUT2D eigenvalue weighted by Gasteiger charge is -1.97. The van der Waals surface area contributed by atoms with E-state index in [1.165, 1.54) is 19.3 Å². The van der Waals surface area contributed by atoms with Gasteiger partial charge in [0.25, 0.3) is 0 Å². The Morgan fingerprint density at radius 2 is 1.78 bits per heavy atom. The van der Waals surface area contributed by atoms with Gasteiger partial charge in [-0.2, -0.15) is 0 Å². The van der Waals surface area contributed by atoms with Gasteiger partial charge in [0.1, 0.15) is 0 Å². The third kappa shape index (κ3) is 0.434. The van der Waals surface area contributed by atoms with Crippen molar-refractivity contribution in [1.29, 1.82) is 0 Å². The van der Waals surface area contributed by atoms with Crippen LogP contribution in [0, 0.1) is 17.8 Å². The first-order valence-electron chi connectivity index (χ1n) is 3.59. The molecule has 1 nitrogen and oxygen atoms in total. The normalized spacial score (nSPS) is 65.7. The summed E-state index contributed by atoms with van der Waals surface area (Å²) in [6, 6.07) is 0. The maximum atomic E-state index is 6.04. The summed E-state index contributed by atoms with van der Waals surface area (Å²) in [5.41, 5.74) is 6.43. The number of hydrogen-bond acceptors (Lipinski definition) is 1. The molecule has 0 spiro atoms. The Kier molecular flexibility index (Phi) is 0.867. The standard InChI is InChI=1S/C7H11N.ClH/c8-7-3-4-1-5(7)6(7)2-4;/h4-6H,1-3,8H2;1H. The van der Waals surface area contributed by atoms with Crippen LogP contribution in [0.4, 0.5) is 0 Å². The summed E-state index contributed by atoms with van der Waals surface area (Å²) in [6.07, 6.45) is 4.31. The maximum Gasteiger partial charge on any atom is 0.0221 e. The first-order chi connectivity index (χ1) is 3.81. The number of hydrogen-bond donors (Lipinski definition) is 1. The van der Waals surface area contributed by atoms with Gasteiger partial charge in [0.15, 0.2) is 0 Å². The first kappa shape index (κ1) is 5.99. The molecular weight excluding hydrogens is 134 g/mol. The van der Waals surface area contributed by atoms with E-state index in [9.17, 15) is 0 Å². The molecule has 4 saturated carbocycles. The van der Waals surface area contributed by atoms with Crippen molar-refractivity contribution in [1.82, 2.24) is 0 Å². The van der Waals surface area contributed by atoms with Crippen molar-refractivity contribution < 1.29 is 0 Å². The van der Waals surface area contributed by atoms with E-state index in [1.807, 2.05) is 0 Å². The molecule has 4 bridgehead atoms. The fraction of sp³-hybridized carbons (Fsp3) is 1.00. The van der Waals surface area contributed by atoms with Crippen molar-refractivity contribution in [3.63, 3.8) is 0 Å². The number of rotatable bonds is 0. The molecule has 0 aromatic heterocycles. The highest BCUT2D eigenvalue weighted by Crippen LogP contribution is 2.71. The molecule has 0 aliphatic heterocycles. The van der Waals surface area contributed by atoms with Gasteiger partial charge in [-0.05, 0) is 37.0 Å². The van der Waals surface area contributed by atoms with Crippen LogP contribution in [-0.2, 0) is 0 Å². The van der Waals surface area contributed by atoms with Crippen LogP contribution in [0.25, 0.3) is 0 Å². The van der Waals surface area contributed by atoms with E-state index in [0.29, 0.717) is 5.54 Å². The highest BCUT2D eigenvalue weighted by molar-refractivity contribution is 5.85. The van der Waals surface area contributed by atoms with Crippen LogP contribution >= 0.6 is 12.4 Å². The van der Waals surface area contributed by atoms with Gasteiger partial charge in [-0.1, -0.05) is 0 Å². The van der Waals surface area contributed by atoms with Crippen LogP contribution in [0.5, 0.6) is 0 Å². The van der Waals surface area contributed by atoms with Crippen molar-refractivity contribution >= 4 is 12.4 Å². The molecule has 4 aliphatic carbocycles. The van der Waals surface area contributed by atoms with Gasteiger partial charge in [-0.15, -0.1) is 12.4 Å². The summed E-state index contributed by atoms with van der Waals surface area (Å²) in [5.74, 6) is 3.01. The lowest BCUT2D eigenvalue weighted by Crippen LogP contribution is -2.21. The zero-order valence-electron chi connectivity index (χ0n) is 5.34. The first-order valence-corrected chi connectivity index (χ1v) is 3.59. The van der Waals surface area contributed by atoms with Crippen LogP contribution in [0.15, 0.2) is 0 Å². The molecule has 2 heteroatoms. The minimum atomic E-state index is 0. The molecule has 9 heavy (non-hydrogen) atoms. The van der Waals surface area contributed by atoms with Crippen LogP contribution < -0.4 is 5.73 Å². The molecule has 0 aromatic carbocycles. The second kappa shape index (κ2) is 1.30. The lowest BCUT2D eigenvalue weighted by molar-refractivity contribution is 0.594. The quantitative estimate of drug-likeness (QED) is 0.544. The highest BCUT2D eigenvalue weighted by Gasteiger charge is 2.72.